The Kier molecular flexibility index (Phi) is 4.63. The van der Waals surface area contributed by atoms with Crippen molar-refractivity contribution in [2.75, 3.05) is 0 Å². The number of para-hydroxylation sites is 3. The van der Waals surface area contributed by atoms with E-state index >= 15 is 0 Å². The van der Waals surface area contributed by atoms with Crippen LogP contribution in [-0.4, -0.2) is 38.0 Å². The molecule has 1 amide bonds. The zero-order chi connectivity index (χ0) is 19.5. The second kappa shape index (κ2) is 7.40. The summed E-state index contributed by atoms with van der Waals surface area (Å²) in [6.45, 7) is 0. The van der Waals surface area contributed by atoms with Crippen molar-refractivity contribution < 1.29 is 14.7 Å². The van der Waals surface area contributed by atoms with Crippen molar-refractivity contribution in [1.82, 2.24) is 20.3 Å². The SMILES string of the molecule is O=C(N[C@H](Cc1cnc2ccccc2n1)C(=O)O)c1ccc2ccccc2n1. The Labute approximate surface area is 160 Å². The smallest absolute Gasteiger partial charge is 0.326 e. The summed E-state index contributed by atoms with van der Waals surface area (Å²) in [7, 11) is 0. The van der Waals surface area contributed by atoms with Gasteiger partial charge in [0.2, 0.25) is 0 Å². The van der Waals surface area contributed by atoms with Gasteiger partial charge >= 0.3 is 5.97 Å². The van der Waals surface area contributed by atoms with E-state index in [9.17, 15) is 14.7 Å². The Morgan fingerprint density at radius 1 is 0.893 bits per heavy atom. The normalized spacial score (nSPS) is 12.0. The first-order valence-electron chi connectivity index (χ1n) is 8.70. The van der Waals surface area contributed by atoms with Gasteiger partial charge in [-0.25, -0.2) is 14.8 Å². The maximum Gasteiger partial charge on any atom is 0.326 e. The molecule has 4 aromatic rings. The quantitative estimate of drug-likeness (QED) is 0.558. The minimum Gasteiger partial charge on any atom is -0.480 e. The van der Waals surface area contributed by atoms with Crippen molar-refractivity contribution >= 4 is 33.8 Å². The lowest BCUT2D eigenvalue weighted by atomic mass is 10.1. The van der Waals surface area contributed by atoms with Crippen LogP contribution in [0.15, 0.2) is 66.9 Å². The first-order valence-corrected chi connectivity index (χ1v) is 8.70. The molecule has 0 radical (unpaired) electrons. The van der Waals surface area contributed by atoms with E-state index in [4.69, 9.17) is 0 Å². The highest BCUT2D eigenvalue weighted by molar-refractivity contribution is 5.97. The van der Waals surface area contributed by atoms with Gasteiger partial charge in [0, 0.05) is 18.0 Å². The molecule has 2 N–H and O–H groups in total. The number of rotatable bonds is 5. The number of hydrogen-bond acceptors (Lipinski definition) is 5. The lowest BCUT2D eigenvalue weighted by Crippen LogP contribution is -2.42. The molecule has 28 heavy (non-hydrogen) atoms. The highest BCUT2D eigenvalue weighted by Gasteiger charge is 2.23. The average Bonchev–Trinajstić information content (AvgIpc) is 2.72. The summed E-state index contributed by atoms with van der Waals surface area (Å²) < 4.78 is 0. The molecule has 0 saturated carbocycles. The summed E-state index contributed by atoms with van der Waals surface area (Å²) in [5.41, 5.74) is 2.71. The topological polar surface area (TPSA) is 105 Å². The minimum atomic E-state index is -1.15. The molecule has 1 atom stereocenters. The summed E-state index contributed by atoms with van der Waals surface area (Å²) in [4.78, 5) is 37.2. The van der Waals surface area contributed by atoms with E-state index in [1.165, 1.54) is 6.20 Å². The predicted octanol–water partition coefficient (Wildman–Crippen LogP) is 2.60. The number of fused-ring (bicyclic) bond motifs is 2. The van der Waals surface area contributed by atoms with E-state index < -0.39 is 17.9 Å². The maximum absolute atomic E-state index is 12.5. The minimum absolute atomic E-state index is 0.0203. The zero-order valence-electron chi connectivity index (χ0n) is 14.7. The van der Waals surface area contributed by atoms with Crippen LogP contribution >= 0.6 is 0 Å². The lowest BCUT2D eigenvalue weighted by molar-refractivity contribution is -0.139. The van der Waals surface area contributed by atoms with Crippen LogP contribution in [-0.2, 0) is 11.2 Å². The third-order valence-electron chi connectivity index (χ3n) is 4.35. The Balaban J connectivity index is 1.55. The number of benzene rings is 2. The molecule has 0 aliphatic carbocycles. The average molecular weight is 372 g/mol. The van der Waals surface area contributed by atoms with Gasteiger partial charge in [0.25, 0.3) is 5.91 Å². The Morgan fingerprint density at radius 3 is 2.39 bits per heavy atom. The van der Waals surface area contributed by atoms with E-state index in [1.807, 2.05) is 36.4 Å². The van der Waals surface area contributed by atoms with Crippen molar-refractivity contribution in [2.45, 2.75) is 12.5 Å². The number of carbonyl (C=O) groups is 2. The van der Waals surface area contributed by atoms with Crippen molar-refractivity contribution in [1.29, 1.82) is 0 Å². The fourth-order valence-electron chi connectivity index (χ4n) is 2.93. The number of amides is 1. The van der Waals surface area contributed by atoms with Crippen LogP contribution in [0.5, 0.6) is 0 Å². The summed E-state index contributed by atoms with van der Waals surface area (Å²) in [6, 6.07) is 16.9. The molecule has 7 nitrogen and oxygen atoms in total. The molecule has 0 spiro atoms. The fourth-order valence-corrected chi connectivity index (χ4v) is 2.93. The van der Waals surface area contributed by atoms with Gasteiger partial charge in [-0.3, -0.25) is 9.78 Å². The van der Waals surface area contributed by atoms with Gasteiger partial charge in [-0.15, -0.1) is 0 Å². The first-order chi connectivity index (χ1) is 13.6. The van der Waals surface area contributed by atoms with Gasteiger partial charge in [0.05, 0.1) is 22.2 Å². The van der Waals surface area contributed by atoms with Crippen LogP contribution in [0, 0.1) is 0 Å². The summed E-state index contributed by atoms with van der Waals surface area (Å²) in [5, 5.41) is 13.0. The molecule has 0 unspecified atom stereocenters. The number of nitrogens with one attached hydrogen (secondary N) is 1. The van der Waals surface area contributed by atoms with Gasteiger partial charge in [-0.1, -0.05) is 36.4 Å². The van der Waals surface area contributed by atoms with Crippen molar-refractivity contribution in [3.8, 4) is 0 Å². The molecule has 0 fully saturated rings. The van der Waals surface area contributed by atoms with Crippen LogP contribution in [0.4, 0.5) is 0 Å². The van der Waals surface area contributed by atoms with E-state index in [-0.39, 0.29) is 12.1 Å². The number of carboxylic acid groups (broad SMARTS) is 1. The highest BCUT2D eigenvalue weighted by Crippen LogP contribution is 2.13. The zero-order valence-corrected chi connectivity index (χ0v) is 14.7. The Bertz CT molecular complexity index is 1190. The molecule has 138 valence electrons. The number of aliphatic carboxylic acids is 1. The van der Waals surface area contributed by atoms with Gasteiger partial charge in [0.15, 0.2) is 0 Å². The van der Waals surface area contributed by atoms with E-state index in [0.717, 1.165) is 10.9 Å². The Morgan fingerprint density at radius 2 is 1.61 bits per heavy atom. The maximum atomic E-state index is 12.5. The molecular weight excluding hydrogens is 356 g/mol. The number of carboxylic acids is 1. The number of carbonyl (C=O) groups excluding carboxylic acids is 1. The van der Waals surface area contributed by atoms with E-state index in [2.05, 4.69) is 20.3 Å². The van der Waals surface area contributed by atoms with Gasteiger partial charge < -0.3 is 10.4 Å². The summed E-state index contributed by atoms with van der Waals surface area (Å²) in [6.07, 6.45) is 1.55. The van der Waals surface area contributed by atoms with E-state index in [1.54, 1.807) is 24.3 Å². The van der Waals surface area contributed by atoms with Crippen LogP contribution < -0.4 is 5.32 Å². The molecule has 0 aliphatic rings. The van der Waals surface area contributed by atoms with Crippen LogP contribution in [0.1, 0.15) is 16.2 Å². The number of aromatic nitrogens is 3. The van der Waals surface area contributed by atoms with Crippen molar-refractivity contribution in [3.63, 3.8) is 0 Å². The fraction of sp³-hybridized carbons (Fsp3) is 0.0952. The third kappa shape index (κ3) is 3.64. The molecule has 0 aliphatic heterocycles. The molecule has 0 bridgehead atoms. The molecule has 0 saturated heterocycles. The van der Waals surface area contributed by atoms with Gasteiger partial charge in [0.1, 0.15) is 11.7 Å². The molecule has 2 aromatic carbocycles. The van der Waals surface area contributed by atoms with Gasteiger partial charge in [-0.05, 0) is 24.3 Å². The molecule has 2 heterocycles. The first kappa shape index (κ1) is 17.5. The monoisotopic (exact) mass is 372 g/mol. The largest absolute Gasteiger partial charge is 0.480 e. The second-order valence-corrected chi connectivity index (χ2v) is 6.31. The van der Waals surface area contributed by atoms with Crippen molar-refractivity contribution in [3.05, 3.63) is 78.2 Å². The molecule has 7 heteroatoms. The van der Waals surface area contributed by atoms with Crippen LogP contribution in [0.3, 0.4) is 0 Å². The lowest BCUT2D eigenvalue weighted by Gasteiger charge is -2.14. The van der Waals surface area contributed by atoms with Crippen LogP contribution in [0.25, 0.3) is 21.9 Å². The summed E-state index contributed by atoms with van der Waals surface area (Å²) in [5.74, 6) is -1.70. The standard InChI is InChI=1S/C21H16N4O3/c26-20(18-10-9-13-5-1-2-6-15(13)24-18)25-19(21(27)28)11-14-12-22-16-7-3-4-8-17(16)23-14/h1-10,12,19H,11H2,(H,25,26)(H,27,28)/t19-/m1/s1. The molecular formula is C21H16N4O3. The number of nitrogens with zero attached hydrogens (tertiary/aromatic N) is 3. The Hall–Kier alpha value is -3.87. The second-order valence-electron chi connectivity index (χ2n) is 6.31. The van der Waals surface area contributed by atoms with Crippen LogP contribution in [0.2, 0.25) is 0 Å². The summed E-state index contributed by atoms with van der Waals surface area (Å²) >= 11 is 0. The van der Waals surface area contributed by atoms with Crippen molar-refractivity contribution in [2.24, 2.45) is 0 Å². The number of hydrogen-bond donors (Lipinski definition) is 2. The predicted molar refractivity (Wildman–Crippen MR) is 104 cm³/mol. The van der Waals surface area contributed by atoms with Gasteiger partial charge in [-0.2, -0.15) is 0 Å². The molecule has 4 rings (SSSR count). The highest BCUT2D eigenvalue weighted by atomic mass is 16.4. The van der Waals surface area contributed by atoms with E-state index in [0.29, 0.717) is 16.7 Å². The molecule has 2 aromatic heterocycles. The number of pyridine rings is 1. The third-order valence-corrected chi connectivity index (χ3v) is 4.35.